The highest BCUT2D eigenvalue weighted by Gasteiger charge is 2.44. The molecule has 0 fully saturated rings. The van der Waals surface area contributed by atoms with Crippen molar-refractivity contribution >= 4 is 17.4 Å². The Morgan fingerprint density at radius 1 is 1.10 bits per heavy atom. The molecule has 0 spiro atoms. The van der Waals surface area contributed by atoms with E-state index < -0.39 is 11.6 Å². The summed E-state index contributed by atoms with van der Waals surface area (Å²) in [6, 6.07) is 19.0. The summed E-state index contributed by atoms with van der Waals surface area (Å²) >= 11 is 1.73. The molecule has 2 aromatic carbocycles. The maximum atomic E-state index is 11.8. The highest BCUT2D eigenvalue weighted by molar-refractivity contribution is 7.10. The lowest BCUT2D eigenvalue weighted by molar-refractivity contribution is -0.0220. The number of carboxylic acid groups (broad SMARTS) is 1. The van der Waals surface area contributed by atoms with Gasteiger partial charge in [0.25, 0.3) is 0 Å². The first-order valence-electron chi connectivity index (χ1n) is 9.94. The van der Waals surface area contributed by atoms with E-state index in [4.69, 9.17) is 4.74 Å². The van der Waals surface area contributed by atoms with E-state index in [-0.39, 0.29) is 12.0 Å². The fraction of sp³-hybridized carbons (Fsp3) is 0.292. The molecule has 0 saturated carbocycles. The Hall–Kier alpha value is -2.63. The fourth-order valence-electron chi connectivity index (χ4n) is 5.05. The molecule has 0 radical (unpaired) electrons. The Morgan fingerprint density at radius 3 is 2.41 bits per heavy atom. The molecular formula is C24H23NO3S. The van der Waals surface area contributed by atoms with E-state index in [2.05, 4.69) is 65.3 Å². The average molecular weight is 406 g/mol. The number of hydrogen-bond acceptors (Lipinski definition) is 3. The lowest BCUT2D eigenvalue weighted by Crippen LogP contribution is -2.52. The Bertz CT molecular complexity index is 1030. The minimum absolute atomic E-state index is 0.117. The third-order valence-electron chi connectivity index (χ3n) is 6.24. The van der Waals surface area contributed by atoms with Crippen LogP contribution in [0.25, 0.3) is 11.1 Å². The van der Waals surface area contributed by atoms with Crippen LogP contribution in [0.2, 0.25) is 0 Å². The van der Waals surface area contributed by atoms with Gasteiger partial charge < -0.3 is 15.2 Å². The number of carbonyl (C=O) groups is 1. The lowest BCUT2D eigenvalue weighted by Gasteiger charge is -2.41. The Balaban J connectivity index is 1.59. The van der Waals surface area contributed by atoms with Crippen molar-refractivity contribution in [1.82, 2.24) is 5.32 Å². The maximum absolute atomic E-state index is 11.8. The highest BCUT2D eigenvalue weighted by atomic mass is 32.1. The van der Waals surface area contributed by atoms with Crippen molar-refractivity contribution in [1.29, 1.82) is 0 Å². The molecule has 0 saturated heterocycles. The molecule has 2 aliphatic rings. The van der Waals surface area contributed by atoms with Gasteiger partial charge in [-0.15, -0.1) is 11.3 Å². The van der Waals surface area contributed by atoms with Crippen LogP contribution in [-0.4, -0.2) is 23.3 Å². The van der Waals surface area contributed by atoms with E-state index in [9.17, 15) is 9.90 Å². The first kappa shape index (κ1) is 18.4. The second-order valence-electron chi connectivity index (χ2n) is 8.08. The molecule has 2 heterocycles. The van der Waals surface area contributed by atoms with E-state index in [1.807, 2.05) is 6.92 Å². The van der Waals surface area contributed by atoms with E-state index in [0.29, 0.717) is 13.0 Å². The van der Waals surface area contributed by atoms with Crippen molar-refractivity contribution in [2.45, 2.75) is 37.3 Å². The van der Waals surface area contributed by atoms with Gasteiger partial charge in [0.15, 0.2) is 0 Å². The van der Waals surface area contributed by atoms with Gasteiger partial charge in [0.05, 0.1) is 12.1 Å². The summed E-state index contributed by atoms with van der Waals surface area (Å²) in [5.41, 5.74) is 5.37. The number of rotatable bonds is 4. The van der Waals surface area contributed by atoms with Gasteiger partial charge >= 0.3 is 6.09 Å². The Morgan fingerprint density at radius 2 is 1.76 bits per heavy atom. The van der Waals surface area contributed by atoms with E-state index in [1.165, 1.54) is 27.1 Å². The molecule has 1 aliphatic carbocycles. The SMILES string of the molecule is CC(CC1c2ccccc2-c2ccccc21)(NC(=O)O)C1OCCc2sccc21. The largest absolute Gasteiger partial charge is 0.465 e. The minimum Gasteiger partial charge on any atom is -0.465 e. The molecule has 3 aromatic rings. The molecule has 1 aliphatic heterocycles. The van der Waals surface area contributed by atoms with Crippen LogP contribution in [0, 0.1) is 0 Å². The molecule has 1 amide bonds. The van der Waals surface area contributed by atoms with Crippen LogP contribution in [0.5, 0.6) is 0 Å². The fourth-order valence-corrected chi connectivity index (χ4v) is 5.94. The predicted molar refractivity (Wildman–Crippen MR) is 115 cm³/mol. The number of benzene rings is 2. The third-order valence-corrected chi connectivity index (χ3v) is 7.23. The van der Waals surface area contributed by atoms with Gasteiger partial charge in [-0.05, 0) is 52.6 Å². The Labute approximate surface area is 174 Å². The number of amides is 1. The molecule has 2 unspecified atom stereocenters. The van der Waals surface area contributed by atoms with Crippen molar-refractivity contribution in [3.05, 3.63) is 81.5 Å². The van der Waals surface area contributed by atoms with Gasteiger partial charge in [-0.25, -0.2) is 4.79 Å². The summed E-state index contributed by atoms with van der Waals surface area (Å²) in [5, 5.41) is 14.6. The minimum atomic E-state index is -1.02. The molecule has 4 nitrogen and oxygen atoms in total. The monoisotopic (exact) mass is 405 g/mol. The standard InChI is InChI=1S/C24H23NO3S/c1-24(25-23(26)27,22-19-11-13-29-21(19)10-12-28-22)14-20-17-8-4-2-6-15(17)16-7-3-5-9-18(16)20/h2-9,11,13,20,22,25H,10,12,14H2,1H3,(H,26,27). The number of hydrogen-bond donors (Lipinski definition) is 2. The number of fused-ring (bicyclic) bond motifs is 4. The van der Waals surface area contributed by atoms with E-state index in [0.717, 1.165) is 12.0 Å². The van der Waals surface area contributed by atoms with E-state index >= 15 is 0 Å². The highest BCUT2D eigenvalue weighted by Crippen LogP contribution is 2.50. The van der Waals surface area contributed by atoms with Gasteiger partial charge in [0.1, 0.15) is 6.10 Å². The van der Waals surface area contributed by atoms with Crippen LogP contribution < -0.4 is 5.32 Å². The Kier molecular flexibility index (Phi) is 4.45. The van der Waals surface area contributed by atoms with Gasteiger partial charge in [-0.2, -0.15) is 0 Å². The number of ether oxygens (including phenoxy) is 1. The summed E-state index contributed by atoms with van der Waals surface area (Å²) in [5.74, 6) is 0.117. The van der Waals surface area contributed by atoms with E-state index in [1.54, 1.807) is 11.3 Å². The molecule has 2 N–H and O–H groups in total. The smallest absolute Gasteiger partial charge is 0.405 e. The van der Waals surface area contributed by atoms with Crippen LogP contribution in [0.3, 0.4) is 0 Å². The molecule has 29 heavy (non-hydrogen) atoms. The van der Waals surface area contributed by atoms with Crippen LogP contribution in [0.15, 0.2) is 60.0 Å². The van der Waals surface area contributed by atoms with Crippen molar-refractivity contribution in [3.8, 4) is 11.1 Å². The zero-order valence-corrected chi connectivity index (χ0v) is 17.0. The van der Waals surface area contributed by atoms with Crippen molar-refractivity contribution in [2.24, 2.45) is 0 Å². The molecule has 148 valence electrons. The molecule has 1 aromatic heterocycles. The van der Waals surface area contributed by atoms with Crippen LogP contribution >= 0.6 is 11.3 Å². The van der Waals surface area contributed by atoms with Crippen LogP contribution in [-0.2, 0) is 11.2 Å². The van der Waals surface area contributed by atoms with Crippen molar-refractivity contribution < 1.29 is 14.6 Å². The summed E-state index contributed by atoms with van der Waals surface area (Å²) in [6.45, 7) is 2.61. The van der Waals surface area contributed by atoms with Gasteiger partial charge in [0, 0.05) is 17.2 Å². The first-order valence-corrected chi connectivity index (χ1v) is 10.8. The maximum Gasteiger partial charge on any atom is 0.405 e. The summed E-state index contributed by atoms with van der Waals surface area (Å²) < 4.78 is 6.20. The third kappa shape index (κ3) is 3.05. The second kappa shape index (κ2) is 7.01. The lowest BCUT2D eigenvalue weighted by atomic mass is 9.77. The molecule has 2 atom stereocenters. The summed E-state index contributed by atoms with van der Waals surface area (Å²) in [7, 11) is 0. The quantitative estimate of drug-likeness (QED) is 0.595. The second-order valence-corrected chi connectivity index (χ2v) is 9.08. The zero-order valence-electron chi connectivity index (χ0n) is 16.2. The predicted octanol–water partition coefficient (Wildman–Crippen LogP) is 5.59. The molecule has 5 rings (SSSR count). The average Bonchev–Trinajstić information content (AvgIpc) is 3.31. The summed E-state index contributed by atoms with van der Waals surface area (Å²) in [4.78, 5) is 13.1. The molecule has 0 bridgehead atoms. The molecule has 5 heteroatoms. The van der Waals surface area contributed by atoms with Gasteiger partial charge in [-0.1, -0.05) is 48.5 Å². The van der Waals surface area contributed by atoms with Crippen molar-refractivity contribution in [2.75, 3.05) is 6.61 Å². The van der Waals surface area contributed by atoms with Crippen LogP contribution in [0.4, 0.5) is 4.79 Å². The number of thiophene rings is 1. The normalized spacial score (nSPS) is 19.7. The number of nitrogens with one attached hydrogen (secondary N) is 1. The molecular weight excluding hydrogens is 382 g/mol. The topological polar surface area (TPSA) is 58.6 Å². The van der Waals surface area contributed by atoms with Gasteiger partial charge in [0.2, 0.25) is 0 Å². The van der Waals surface area contributed by atoms with Crippen LogP contribution in [0.1, 0.15) is 46.9 Å². The summed E-state index contributed by atoms with van der Waals surface area (Å²) in [6.07, 6.45) is 0.209. The van der Waals surface area contributed by atoms with Crippen molar-refractivity contribution in [3.63, 3.8) is 0 Å². The zero-order chi connectivity index (χ0) is 20.0. The van der Waals surface area contributed by atoms with Gasteiger partial charge in [-0.3, -0.25) is 0 Å². The first-order chi connectivity index (χ1) is 14.1.